The van der Waals surface area contributed by atoms with E-state index in [4.69, 9.17) is 4.74 Å². The van der Waals surface area contributed by atoms with Crippen LogP contribution in [-0.2, 0) is 11.2 Å². The lowest BCUT2D eigenvalue weighted by Gasteiger charge is -2.17. The van der Waals surface area contributed by atoms with Crippen LogP contribution in [0.1, 0.15) is 49.8 Å². The summed E-state index contributed by atoms with van der Waals surface area (Å²) in [4.78, 5) is 12.4. The summed E-state index contributed by atoms with van der Waals surface area (Å²) in [5.41, 5.74) is 4.51. The fourth-order valence-electron chi connectivity index (χ4n) is 3.16. The molecule has 2 aromatic heterocycles. The van der Waals surface area contributed by atoms with Gasteiger partial charge in [0.1, 0.15) is 5.52 Å². The fraction of sp³-hybridized carbons (Fsp3) is 0.429. The van der Waals surface area contributed by atoms with Gasteiger partial charge in [-0.2, -0.15) is 0 Å². The number of aromatic nitrogens is 3. The minimum Gasteiger partial charge on any atom is -0.381 e. The second-order valence-corrected chi connectivity index (χ2v) is 6.47. The molecule has 0 spiro atoms. The van der Waals surface area contributed by atoms with Crippen molar-refractivity contribution in [3.63, 3.8) is 0 Å². The summed E-state index contributed by atoms with van der Waals surface area (Å²) in [7, 11) is 0. The van der Waals surface area contributed by atoms with Gasteiger partial charge in [-0.15, -0.1) is 0 Å². The first kappa shape index (κ1) is 17.6. The van der Waals surface area contributed by atoms with Gasteiger partial charge in [-0.3, -0.25) is 4.98 Å². The molecule has 2 heterocycles. The van der Waals surface area contributed by atoms with Gasteiger partial charge < -0.3 is 9.72 Å². The summed E-state index contributed by atoms with van der Waals surface area (Å²) in [6.45, 7) is 3.82. The van der Waals surface area contributed by atoms with Gasteiger partial charge in [0.25, 0.3) is 0 Å². The summed E-state index contributed by atoms with van der Waals surface area (Å²) >= 11 is 0. The molecule has 1 aromatic carbocycles. The first-order valence-electron chi connectivity index (χ1n) is 9.28. The van der Waals surface area contributed by atoms with Crippen LogP contribution in [0.3, 0.4) is 0 Å². The molecule has 4 nitrogen and oxygen atoms in total. The van der Waals surface area contributed by atoms with E-state index >= 15 is 0 Å². The minimum absolute atomic E-state index is 0.355. The van der Waals surface area contributed by atoms with Crippen molar-refractivity contribution in [2.24, 2.45) is 0 Å². The van der Waals surface area contributed by atoms with E-state index in [0.29, 0.717) is 5.92 Å². The van der Waals surface area contributed by atoms with Crippen molar-refractivity contribution in [1.82, 2.24) is 15.0 Å². The van der Waals surface area contributed by atoms with Crippen LogP contribution in [0.2, 0.25) is 0 Å². The van der Waals surface area contributed by atoms with Gasteiger partial charge in [0.15, 0.2) is 0 Å². The highest BCUT2D eigenvalue weighted by atomic mass is 16.5. The highest BCUT2D eigenvalue weighted by Crippen LogP contribution is 2.28. The molecule has 0 saturated heterocycles. The molecule has 4 heteroatoms. The van der Waals surface area contributed by atoms with Crippen molar-refractivity contribution < 1.29 is 4.74 Å². The van der Waals surface area contributed by atoms with Gasteiger partial charge >= 0.3 is 0 Å². The molecule has 3 aromatic rings. The topological polar surface area (TPSA) is 50.8 Å². The first-order valence-corrected chi connectivity index (χ1v) is 9.28. The SMILES string of the molecule is CCCCOCCC(CCc1ccccc1)c1nccc2[nH]cnc12. The standard InChI is InChI=1S/C21H27N3O/c1-2-3-14-25-15-12-18(10-9-17-7-5-4-6-8-17)20-21-19(11-13-22-20)23-16-24-21/h4-8,11,13,16,18H,2-3,9-10,12,14-15H2,1H3,(H,23,24). The number of hydrogen-bond donors (Lipinski definition) is 1. The van der Waals surface area contributed by atoms with E-state index in [1.807, 2.05) is 12.3 Å². The zero-order valence-corrected chi connectivity index (χ0v) is 14.9. The zero-order valence-electron chi connectivity index (χ0n) is 14.9. The molecule has 1 atom stereocenters. The van der Waals surface area contributed by atoms with Crippen LogP contribution >= 0.6 is 0 Å². The largest absolute Gasteiger partial charge is 0.381 e. The summed E-state index contributed by atoms with van der Waals surface area (Å²) in [6, 6.07) is 12.6. The summed E-state index contributed by atoms with van der Waals surface area (Å²) in [5.74, 6) is 0.355. The Balaban J connectivity index is 1.70. The number of nitrogens with one attached hydrogen (secondary N) is 1. The molecule has 0 aliphatic heterocycles. The molecule has 0 fully saturated rings. The molecular weight excluding hydrogens is 310 g/mol. The Labute approximate surface area is 149 Å². The lowest BCUT2D eigenvalue weighted by Crippen LogP contribution is -2.09. The van der Waals surface area contributed by atoms with E-state index < -0.39 is 0 Å². The molecule has 0 aliphatic rings. The van der Waals surface area contributed by atoms with Crippen molar-refractivity contribution in [3.8, 4) is 0 Å². The lowest BCUT2D eigenvalue weighted by atomic mass is 9.92. The normalized spacial score (nSPS) is 12.5. The Morgan fingerprint density at radius 2 is 1.92 bits per heavy atom. The Bertz CT molecular complexity index is 754. The number of rotatable bonds is 10. The van der Waals surface area contributed by atoms with E-state index in [2.05, 4.69) is 52.2 Å². The molecule has 0 aliphatic carbocycles. The van der Waals surface area contributed by atoms with Crippen LogP contribution in [0.5, 0.6) is 0 Å². The Morgan fingerprint density at radius 3 is 2.76 bits per heavy atom. The number of ether oxygens (including phenoxy) is 1. The fourth-order valence-corrected chi connectivity index (χ4v) is 3.16. The number of unbranched alkanes of at least 4 members (excludes halogenated alkanes) is 1. The maximum absolute atomic E-state index is 5.82. The predicted octanol–water partition coefficient (Wildman–Crippen LogP) is 4.88. The highest BCUT2D eigenvalue weighted by Gasteiger charge is 2.17. The van der Waals surface area contributed by atoms with Gasteiger partial charge in [0, 0.05) is 25.3 Å². The molecule has 25 heavy (non-hydrogen) atoms. The minimum atomic E-state index is 0.355. The number of benzene rings is 1. The second-order valence-electron chi connectivity index (χ2n) is 6.47. The summed E-state index contributed by atoms with van der Waals surface area (Å²) < 4.78 is 5.82. The van der Waals surface area contributed by atoms with Crippen LogP contribution in [0.15, 0.2) is 48.9 Å². The molecule has 1 unspecified atom stereocenters. The predicted molar refractivity (Wildman–Crippen MR) is 102 cm³/mol. The number of nitrogens with zero attached hydrogens (tertiary/aromatic N) is 2. The molecule has 0 radical (unpaired) electrons. The average Bonchev–Trinajstić information content (AvgIpc) is 3.14. The van der Waals surface area contributed by atoms with Gasteiger partial charge in [0.05, 0.1) is 17.5 Å². The van der Waals surface area contributed by atoms with E-state index in [1.54, 1.807) is 6.33 Å². The second kappa shape index (κ2) is 9.33. The van der Waals surface area contributed by atoms with Crippen molar-refractivity contribution in [2.75, 3.05) is 13.2 Å². The third-order valence-electron chi connectivity index (χ3n) is 4.63. The first-order chi connectivity index (χ1) is 12.4. The van der Waals surface area contributed by atoms with E-state index in [1.165, 1.54) is 12.0 Å². The van der Waals surface area contributed by atoms with E-state index in [-0.39, 0.29) is 0 Å². The number of pyridine rings is 1. The zero-order chi connectivity index (χ0) is 17.3. The Kier molecular flexibility index (Phi) is 6.57. The number of hydrogen-bond acceptors (Lipinski definition) is 3. The van der Waals surface area contributed by atoms with Crippen LogP contribution in [0.25, 0.3) is 11.0 Å². The van der Waals surface area contributed by atoms with Crippen molar-refractivity contribution in [3.05, 3.63) is 60.2 Å². The number of fused-ring (bicyclic) bond motifs is 1. The molecule has 0 bridgehead atoms. The van der Waals surface area contributed by atoms with Crippen LogP contribution < -0.4 is 0 Å². The maximum atomic E-state index is 5.82. The number of aryl methyl sites for hydroxylation is 1. The molecular formula is C21H27N3O. The third-order valence-corrected chi connectivity index (χ3v) is 4.63. The van der Waals surface area contributed by atoms with E-state index in [9.17, 15) is 0 Å². The third kappa shape index (κ3) is 4.89. The lowest BCUT2D eigenvalue weighted by molar-refractivity contribution is 0.123. The number of aromatic amines is 1. The molecule has 132 valence electrons. The monoisotopic (exact) mass is 337 g/mol. The molecule has 1 N–H and O–H groups in total. The van der Waals surface area contributed by atoms with Gasteiger partial charge in [-0.05, 0) is 37.3 Å². The molecule has 0 amide bonds. The van der Waals surface area contributed by atoms with Crippen molar-refractivity contribution >= 4 is 11.0 Å². The van der Waals surface area contributed by atoms with Crippen LogP contribution in [0.4, 0.5) is 0 Å². The summed E-state index contributed by atoms with van der Waals surface area (Å²) in [5, 5.41) is 0. The number of imidazole rings is 1. The Morgan fingerprint density at radius 1 is 1.04 bits per heavy atom. The van der Waals surface area contributed by atoms with Gasteiger partial charge in [-0.1, -0.05) is 43.7 Å². The summed E-state index contributed by atoms with van der Waals surface area (Å²) in [6.07, 6.45) is 9.01. The number of H-pyrrole nitrogens is 1. The van der Waals surface area contributed by atoms with Crippen molar-refractivity contribution in [1.29, 1.82) is 0 Å². The smallest absolute Gasteiger partial charge is 0.110 e. The van der Waals surface area contributed by atoms with Crippen molar-refractivity contribution in [2.45, 2.75) is 44.9 Å². The quantitative estimate of drug-likeness (QED) is 0.536. The highest BCUT2D eigenvalue weighted by molar-refractivity contribution is 5.76. The van der Waals surface area contributed by atoms with Crippen LogP contribution in [-0.4, -0.2) is 28.2 Å². The maximum Gasteiger partial charge on any atom is 0.110 e. The van der Waals surface area contributed by atoms with Gasteiger partial charge in [-0.25, -0.2) is 4.98 Å². The molecule has 3 rings (SSSR count). The Hall–Kier alpha value is -2.20. The van der Waals surface area contributed by atoms with Crippen LogP contribution in [0, 0.1) is 0 Å². The van der Waals surface area contributed by atoms with E-state index in [0.717, 1.165) is 55.6 Å². The van der Waals surface area contributed by atoms with Gasteiger partial charge in [0.2, 0.25) is 0 Å². The molecule has 0 saturated carbocycles. The average molecular weight is 337 g/mol.